The van der Waals surface area contributed by atoms with Gasteiger partial charge < -0.3 is 5.11 Å². The molecule has 3 nitrogen and oxygen atoms in total. The van der Waals surface area contributed by atoms with Crippen molar-refractivity contribution >= 4 is 27.6 Å². The fourth-order valence-electron chi connectivity index (χ4n) is 1.25. The van der Waals surface area contributed by atoms with E-state index < -0.39 is 12.4 Å². The highest BCUT2D eigenvalue weighted by Gasteiger charge is 2.16. The monoisotopic (exact) mass is 229 g/mol. The number of hydrogen-bond donors (Lipinski definition) is 1. The summed E-state index contributed by atoms with van der Waals surface area (Å²) >= 11 is 0.881. The molecule has 1 heterocycles. The van der Waals surface area contributed by atoms with Crippen LogP contribution in [0.15, 0.2) is 18.2 Å². The predicted molar refractivity (Wildman–Crippen MR) is 51.5 cm³/mol. The molecule has 1 aromatic carbocycles. The van der Waals surface area contributed by atoms with Gasteiger partial charge in [-0.05, 0) is 23.7 Å². The van der Waals surface area contributed by atoms with Gasteiger partial charge in [0, 0.05) is 5.39 Å². The molecule has 0 fully saturated rings. The number of carboxylic acid groups (broad SMARTS) is 1. The molecule has 78 valence electrons. The smallest absolute Gasteiger partial charge is 0.335 e. The number of carbonyl (C=O) groups is 1. The molecule has 1 aromatic heterocycles. The largest absolute Gasteiger partial charge is 0.478 e. The molecule has 0 aliphatic carbocycles. The fraction of sp³-hybridized carbons (Fsp3) is 0.111. The number of aromatic nitrogens is 1. The Bertz CT molecular complexity index is 524. The maximum Gasteiger partial charge on any atom is 0.335 e. The Kier molecular flexibility index (Phi) is 2.36. The second-order valence-electron chi connectivity index (χ2n) is 2.88. The standard InChI is InChI=1S/C9H5F2NO2S/c10-8(11)7-5-2-1-4(9(13)14)3-6(5)15-12-7/h1-3,8H,(H,13,14). The zero-order chi connectivity index (χ0) is 11.0. The van der Waals surface area contributed by atoms with Gasteiger partial charge in [0.1, 0.15) is 5.69 Å². The van der Waals surface area contributed by atoms with Crippen molar-refractivity contribution in [3.8, 4) is 0 Å². The second kappa shape index (κ2) is 3.54. The molecule has 1 N–H and O–H groups in total. The van der Waals surface area contributed by atoms with Gasteiger partial charge in [0.15, 0.2) is 0 Å². The molecule has 2 aromatic rings. The average Bonchev–Trinajstić information content (AvgIpc) is 2.59. The normalized spacial score (nSPS) is 11.1. The zero-order valence-corrected chi connectivity index (χ0v) is 8.09. The van der Waals surface area contributed by atoms with Crippen LogP contribution in [0.5, 0.6) is 0 Å². The van der Waals surface area contributed by atoms with Gasteiger partial charge in [-0.15, -0.1) is 0 Å². The third-order valence-corrected chi connectivity index (χ3v) is 2.78. The molecule has 15 heavy (non-hydrogen) atoms. The van der Waals surface area contributed by atoms with Gasteiger partial charge in [-0.2, -0.15) is 4.37 Å². The number of carboxylic acids is 1. The van der Waals surface area contributed by atoms with Crippen molar-refractivity contribution in [2.75, 3.05) is 0 Å². The Morgan fingerprint density at radius 2 is 2.20 bits per heavy atom. The van der Waals surface area contributed by atoms with Gasteiger partial charge in [-0.25, -0.2) is 13.6 Å². The quantitative estimate of drug-likeness (QED) is 0.861. The Hall–Kier alpha value is -1.56. The summed E-state index contributed by atoms with van der Waals surface area (Å²) in [6, 6.07) is 4.01. The van der Waals surface area contributed by atoms with E-state index in [9.17, 15) is 13.6 Å². The van der Waals surface area contributed by atoms with Gasteiger partial charge in [-0.3, -0.25) is 0 Å². The molecule has 0 radical (unpaired) electrons. The molecule has 0 saturated carbocycles. The van der Waals surface area contributed by atoms with Crippen LogP contribution in [0.4, 0.5) is 8.78 Å². The van der Waals surface area contributed by atoms with Crippen LogP contribution in [-0.2, 0) is 0 Å². The Morgan fingerprint density at radius 3 is 2.80 bits per heavy atom. The van der Waals surface area contributed by atoms with Crippen molar-refractivity contribution in [2.24, 2.45) is 0 Å². The topological polar surface area (TPSA) is 50.2 Å². The highest BCUT2D eigenvalue weighted by molar-refractivity contribution is 7.13. The van der Waals surface area contributed by atoms with Crippen LogP contribution in [-0.4, -0.2) is 15.4 Å². The molecule has 0 amide bonds. The van der Waals surface area contributed by atoms with E-state index in [1.807, 2.05) is 0 Å². The van der Waals surface area contributed by atoms with Gasteiger partial charge in [0.25, 0.3) is 6.43 Å². The summed E-state index contributed by atoms with van der Waals surface area (Å²) in [5, 5.41) is 9.02. The van der Waals surface area contributed by atoms with Crippen LogP contribution >= 0.6 is 11.5 Å². The van der Waals surface area contributed by atoms with E-state index in [1.165, 1.54) is 18.2 Å². The summed E-state index contributed by atoms with van der Waals surface area (Å²) in [6.07, 6.45) is -2.63. The maximum absolute atomic E-state index is 12.4. The number of alkyl halides is 2. The molecule has 0 atom stereocenters. The summed E-state index contributed by atoms with van der Waals surface area (Å²) in [5.74, 6) is -1.08. The zero-order valence-electron chi connectivity index (χ0n) is 7.28. The van der Waals surface area contributed by atoms with Crippen molar-refractivity contribution in [1.82, 2.24) is 4.37 Å². The van der Waals surface area contributed by atoms with Crippen LogP contribution in [0.3, 0.4) is 0 Å². The minimum atomic E-state index is -2.63. The number of rotatable bonds is 2. The minimum absolute atomic E-state index is 0.0759. The minimum Gasteiger partial charge on any atom is -0.478 e. The molecule has 0 aliphatic heterocycles. The van der Waals surface area contributed by atoms with Crippen LogP contribution in [0, 0.1) is 0 Å². The van der Waals surface area contributed by atoms with Gasteiger partial charge in [0.05, 0.1) is 10.3 Å². The summed E-state index contributed by atoms with van der Waals surface area (Å²) in [6.45, 7) is 0. The van der Waals surface area contributed by atoms with Crippen molar-refractivity contribution in [1.29, 1.82) is 0 Å². The first-order valence-corrected chi connectivity index (χ1v) is 4.77. The number of fused-ring (bicyclic) bond motifs is 1. The first kappa shape index (κ1) is 9.97. The van der Waals surface area contributed by atoms with Crippen molar-refractivity contribution < 1.29 is 18.7 Å². The molecule has 0 bridgehead atoms. The van der Waals surface area contributed by atoms with Crippen LogP contribution in [0.1, 0.15) is 22.5 Å². The molecular formula is C9H5F2NO2S. The highest BCUT2D eigenvalue weighted by atomic mass is 32.1. The molecule has 0 saturated heterocycles. The summed E-state index contributed by atoms with van der Waals surface area (Å²) in [4.78, 5) is 10.6. The molecule has 0 unspecified atom stereocenters. The van der Waals surface area contributed by atoms with Crippen molar-refractivity contribution in [2.45, 2.75) is 6.43 Å². The fourth-order valence-corrected chi connectivity index (χ4v) is 2.07. The average molecular weight is 229 g/mol. The Labute approximate surface area is 87.1 Å². The molecule has 6 heteroatoms. The third-order valence-electron chi connectivity index (χ3n) is 1.95. The number of nitrogens with zero attached hydrogens (tertiary/aromatic N) is 1. The second-order valence-corrected chi connectivity index (χ2v) is 3.69. The maximum atomic E-state index is 12.4. The third kappa shape index (κ3) is 1.68. The lowest BCUT2D eigenvalue weighted by atomic mass is 10.1. The van der Waals surface area contributed by atoms with Crippen molar-refractivity contribution in [3.63, 3.8) is 0 Å². The summed E-state index contributed by atoms with van der Waals surface area (Å²) < 4.78 is 28.9. The Morgan fingerprint density at radius 1 is 1.47 bits per heavy atom. The van der Waals surface area contributed by atoms with Crippen LogP contribution < -0.4 is 0 Å². The summed E-state index contributed by atoms with van der Waals surface area (Å²) in [5.41, 5.74) is -0.209. The molecule has 0 spiro atoms. The summed E-state index contributed by atoms with van der Waals surface area (Å²) in [7, 11) is 0. The Balaban J connectivity index is 2.61. The van der Waals surface area contributed by atoms with Crippen molar-refractivity contribution in [3.05, 3.63) is 29.5 Å². The van der Waals surface area contributed by atoms with Gasteiger partial charge in [-0.1, -0.05) is 6.07 Å². The first-order chi connectivity index (χ1) is 7.09. The highest BCUT2D eigenvalue weighted by Crippen LogP contribution is 2.30. The van der Waals surface area contributed by atoms with E-state index in [0.29, 0.717) is 10.1 Å². The lowest BCUT2D eigenvalue weighted by Crippen LogP contribution is -1.94. The van der Waals surface area contributed by atoms with E-state index in [4.69, 9.17) is 5.11 Å². The van der Waals surface area contributed by atoms with Crippen LogP contribution in [0.25, 0.3) is 10.1 Å². The number of benzene rings is 1. The van der Waals surface area contributed by atoms with Gasteiger partial charge in [0.2, 0.25) is 0 Å². The molecule has 2 rings (SSSR count). The number of halogens is 2. The SMILES string of the molecule is O=C(O)c1ccc2c(C(F)F)nsc2c1. The van der Waals surface area contributed by atoms with E-state index in [1.54, 1.807) is 0 Å². The van der Waals surface area contributed by atoms with E-state index in [-0.39, 0.29) is 11.3 Å². The van der Waals surface area contributed by atoms with E-state index >= 15 is 0 Å². The van der Waals surface area contributed by atoms with Gasteiger partial charge >= 0.3 is 5.97 Å². The first-order valence-electron chi connectivity index (χ1n) is 4.00. The number of aromatic carboxylic acids is 1. The lowest BCUT2D eigenvalue weighted by molar-refractivity contribution is 0.0697. The lowest BCUT2D eigenvalue weighted by Gasteiger charge is -1.96. The van der Waals surface area contributed by atoms with E-state index in [2.05, 4.69) is 4.37 Å². The molecule has 0 aliphatic rings. The molecular weight excluding hydrogens is 224 g/mol. The predicted octanol–water partition coefficient (Wildman–Crippen LogP) is 2.93. The number of hydrogen-bond acceptors (Lipinski definition) is 3. The van der Waals surface area contributed by atoms with E-state index in [0.717, 1.165) is 11.5 Å². The van der Waals surface area contributed by atoms with Crippen LogP contribution in [0.2, 0.25) is 0 Å².